The van der Waals surface area contributed by atoms with Gasteiger partial charge in [-0.1, -0.05) is 0 Å². The topological polar surface area (TPSA) is 55.6 Å². The monoisotopic (exact) mass is 234 g/mol. The van der Waals surface area contributed by atoms with Crippen LogP contribution in [0.1, 0.15) is 18.9 Å². The number of carbonyl (C=O) groups excluding carboxylic acids is 1. The molecule has 1 amide bonds. The summed E-state index contributed by atoms with van der Waals surface area (Å²) in [5.74, 6) is 0.114. The van der Waals surface area contributed by atoms with E-state index >= 15 is 0 Å². The average molecular weight is 234 g/mol. The summed E-state index contributed by atoms with van der Waals surface area (Å²) < 4.78 is 4.95. The smallest absolute Gasteiger partial charge is 0.229 e. The largest absolute Gasteiger partial charge is 0.399 e. The van der Waals surface area contributed by atoms with Gasteiger partial charge >= 0.3 is 0 Å². The first-order chi connectivity index (χ1) is 8.13. The first kappa shape index (κ1) is 11.9. The molecule has 0 aliphatic carbocycles. The van der Waals surface area contributed by atoms with Gasteiger partial charge in [-0.25, -0.2) is 0 Å². The highest BCUT2D eigenvalue weighted by atomic mass is 16.5. The van der Waals surface area contributed by atoms with E-state index in [4.69, 9.17) is 10.5 Å². The highest BCUT2D eigenvalue weighted by molar-refractivity contribution is 5.96. The third-order valence-corrected chi connectivity index (χ3v) is 3.11. The normalized spacial score (nSPS) is 18.2. The standard InChI is InChI=1S/C13H18N2O2/c1-9-7-10-8-11(14)3-4-12(10)15(9)13(16)5-6-17-2/h3-4,8-9H,5-7,14H2,1-2H3. The van der Waals surface area contributed by atoms with E-state index in [1.54, 1.807) is 7.11 Å². The first-order valence-electron chi connectivity index (χ1n) is 5.83. The Morgan fingerprint density at radius 2 is 2.35 bits per heavy atom. The van der Waals surface area contributed by atoms with Crippen LogP contribution in [0.15, 0.2) is 18.2 Å². The summed E-state index contributed by atoms with van der Waals surface area (Å²) in [5.41, 5.74) is 8.66. The van der Waals surface area contributed by atoms with Crippen LogP contribution in [0.3, 0.4) is 0 Å². The van der Waals surface area contributed by atoms with Crippen molar-refractivity contribution in [3.05, 3.63) is 23.8 Å². The second kappa shape index (κ2) is 4.75. The van der Waals surface area contributed by atoms with Crippen LogP contribution in [0.4, 0.5) is 11.4 Å². The molecule has 2 rings (SSSR count). The van der Waals surface area contributed by atoms with Gasteiger partial charge in [0.25, 0.3) is 0 Å². The van der Waals surface area contributed by atoms with Crippen molar-refractivity contribution in [2.75, 3.05) is 24.4 Å². The molecule has 0 aromatic heterocycles. The molecule has 0 fully saturated rings. The van der Waals surface area contributed by atoms with Gasteiger partial charge in [0, 0.05) is 24.5 Å². The maximum Gasteiger partial charge on any atom is 0.229 e. The van der Waals surface area contributed by atoms with Crippen LogP contribution in [-0.2, 0) is 16.0 Å². The van der Waals surface area contributed by atoms with E-state index in [-0.39, 0.29) is 11.9 Å². The molecule has 0 saturated carbocycles. The van der Waals surface area contributed by atoms with Crippen molar-refractivity contribution in [3.63, 3.8) is 0 Å². The fourth-order valence-corrected chi connectivity index (χ4v) is 2.34. The van der Waals surface area contributed by atoms with E-state index < -0.39 is 0 Å². The molecule has 17 heavy (non-hydrogen) atoms. The molecule has 1 aromatic carbocycles. The van der Waals surface area contributed by atoms with Crippen LogP contribution in [0.5, 0.6) is 0 Å². The van der Waals surface area contributed by atoms with Gasteiger partial charge in [0.2, 0.25) is 5.91 Å². The molecule has 2 N–H and O–H groups in total. The highest BCUT2D eigenvalue weighted by Gasteiger charge is 2.30. The summed E-state index contributed by atoms with van der Waals surface area (Å²) in [6.45, 7) is 2.52. The van der Waals surface area contributed by atoms with Gasteiger partial charge in [-0.05, 0) is 37.1 Å². The Bertz CT molecular complexity index is 431. The number of rotatable bonds is 3. The molecule has 92 valence electrons. The lowest BCUT2D eigenvalue weighted by molar-refractivity contribution is -0.119. The molecule has 1 atom stereocenters. The van der Waals surface area contributed by atoms with Gasteiger partial charge < -0.3 is 15.4 Å². The number of ether oxygens (including phenoxy) is 1. The Kier molecular flexibility index (Phi) is 3.33. The summed E-state index contributed by atoms with van der Waals surface area (Å²) in [6, 6.07) is 5.93. The molecule has 0 radical (unpaired) electrons. The second-order valence-corrected chi connectivity index (χ2v) is 4.45. The number of methoxy groups -OCH3 is 1. The average Bonchev–Trinajstić information content (AvgIpc) is 2.61. The van der Waals surface area contributed by atoms with Crippen molar-refractivity contribution in [1.82, 2.24) is 0 Å². The minimum Gasteiger partial charge on any atom is -0.399 e. The second-order valence-electron chi connectivity index (χ2n) is 4.45. The van der Waals surface area contributed by atoms with Crippen molar-refractivity contribution in [2.45, 2.75) is 25.8 Å². The fourth-order valence-electron chi connectivity index (χ4n) is 2.34. The molecule has 4 nitrogen and oxygen atoms in total. The quantitative estimate of drug-likeness (QED) is 0.808. The number of fused-ring (bicyclic) bond motifs is 1. The predicted octanol–water partition coefficient (Wildman–Crippen LogP) is 1.58. The number of nitrogen functional groups attached to an aromatic ring is 1. The number of benzene rings is 1. The van der Waals surface area contributed by atoms with Gasteiger partial charge in [0.15, 0.2) is 0 Å². The van der Waals surface area contributed by atoms with Crippen LogP contribution in [0.25, 0.3) is 0 Å². The van der Waals surface area contributed by atoms with Crippen molar-refractivity contribution in [1.29, 1.82) is 0 Å². The molecule has 0 saturated heterocycles. The molecule has 4 heteroatoms. The van der Waals surface area contributed by atoms with Crippen LogP contribution in [0, 0.1) is 0 Å². The Labute approximate surface area is 101 Å². The van der Waals surface area contributed by atoms with Gasteiger partial charge in [0.05, 0.1) is 13.0 Å². The summed E-state index contributed by atoms with van der Waals surface area (Å²) in [6.07, 6.45) is 1.30. The Morgan fingerprint density at radius 1 is 1.59 bits per heavy atom. The zero-order valence-corrected chi connectivity index (χ0v) is 10.3. The lowest BCUT2D eigenvalue weighted by Gasteiger charge is -2.22. The third-order valence-electron chi connectivity index (χ3n) is 3.11. The van der Waals surface area contributed by atoms with Crippen LogP contribution < -0.4 is 10.6 Å². The van der Waals surface area contributed by atoms with Crippen LogP contribution in [-0.4, -0.2) is 25.7 Å². The molecular formula is C13H18N2O2. The zero-order valence-electron chi connectivity index (χ0n) is 10.3. The minimum atomic E-state index is 0.114. The van der Waals surface area contributed by atoms with Gasteiger partial charge in [0.1, 0.15) is 0 Å². The summed E-state index contributed by atoms with van der Waals surface area (Å²) in [7, 11) is 1.61. The number of carbonyl (C=O) groups is 1. The number of nitrogens with two attached hydrogens (primary N) is 1. The van der Waals surface area contributed by atoms with E-state index in [1.165, 1.54) is 0 Å². The molecule has 0 spiro atoms. The van der Waals surface area contributed by atoms with E-state index in [9.17, 15) is 4.79 Å². The first-order valence-corrected chi connectivity index (χ1v) is 5.83. The Morgan fingerprint density at radius 3 is 3.06 bits per heavy atom. The molecular weight excluding hydrogens is 216 g/mol. The molecule has 1 aromatic rings. The summed E-state index contributed by atoms with van der Waals surface area (Å²) >= 11 is 0. The van der Waals surface area contributed by atoms with E-state index in [0.717, 1.165) is 23.4 Å². The van der Waals surface area contributed by atoms with Crippen molar-refractivity contribution < 1.29 is 9.53 Å². The van der Waals surface area contributed by atoms with E-state index in [1.807, 2.05) is 23.1 Å². The van der Waals surface area contributed by atoms with Crippen molar-refractivity contribution >= 4 is 17.3 Å². The van der Waals surface area contributed by atoms with Crippen LogP contribution in [0.2, 0.25) is 0 Å². The van der Waals surface area contributed by atoms with E-state index in [2.05, 4.69) is 6.92 Å². The predicted molar refractivity (Wildman–Crippen MR) is 68.0 cm³/mol. The summed E-state index contributed by atoms with van der Waals surface area (Å²) in [5, 5.41) is 0. The summed E-state index contributed by atoms with van der Waals surface area (Å²) in [4.78, 5) is 13.9. The molecule has 1 heterocycles. The van der Waals surface area contributed by atoms with Gasteiger partial charge in [-0.3, -0.25) is 4.79 Å². The maximum atomic E-state index is 12.1. The van der Waals surface area contributed by atoms with Crippen molar-refractivity contribution in [3.8, 4) is 0 Å². The van der Waals surface area contributed by atoms with E-state index in [0.29, 0.717) is 13.0 Å². The lowest BCUT2D eigenvalue weighted by atomic mass is 10.1. The highest BCUT2D eigenvalue weighted by Crippen LogP contribution is 2.33. The zero-order chi connectivity index (χ0) is 12.4. The third kappa shape index (κ3) is 2.26. The Balaban J connectivity index is 2.22. The molecule has 1 aliphatic heterocycles. The van der Waals surface area contributed by atoms with Gasteiger partial charge in [-0.2, -0.15) is 0 Å². The molecule has 1 aliphatic rings. The number of nitrogens with zero attached hydrogens (tertiary/aromatic N) is 1. The molecule has 1 unspecified atom stereocenters. The number of amides is 1. The van der Waals surface area contributed by atoms with Gasteiger partial charge in [-0.15, -0.1) is 0 Å². The van der Waals surface area contributed by atoms with Crippen molar-refractivity contribution in [2.24, 2.45) is 0 Å². The Hall–Kier alpha value is -1.55. The molecule has 0 bridgehead atoms. The number of hydrogen-bond donors (Lipinski definition) is 1. The maximum absolute atomic E-state index is 12.1. The lowest BCUT2D eigenvalue weighted by Crippen LogP contribution is -2.36. The number of anilines is 2. The number of hydrogen-bond acceptors (Lipinski definition) is 3. The van der Waals surface area contributed by atoms with Crippen LogP contribution >= 0.6 is 0 Å². The SMILES string of the molecule is COCCC(=O)N1c2ccc(N)cc2CC1C. The minimum absolute atomic E-state index is 0.114. The fraction of sp³-hybridized carbons (Fsp3) is 0.462.